The Morgan fingerprint density at radius 2 is 1.66 bits per heavy atom. The largest absolute Gasteiger partial charge is 0.506 e. The lowest BCUT2D eigenvalue weighted by atomic mass is 10.1. The molecule has 0 saturated carbocycles. The first-order chi connectivity index (χ1) is 19.3. The van der Waals surface area contributed by atoms with Crippen LogP contribution in [-0.4, -0.2) is 58.1 Å². The molecule has 0 aliphatic heterocycles. The summed E-state index contributed by atoms with van der Waals surface area (Å²) in [4.78, 5) is 15.4. The molecule has 3 aromatic carbocycles. The Balaban J connectivity index is 1.82. The fourth-order valence-corrected chi connectivity index (χ4v) is 4.92. The van der Waals surface area contributed by atoms with E-state index in [4.69, 9.17) is 9.47 Å². The Kier molecular flexibility index (Phi) is 10.1. The molecule has 3 rings (SSSR count). The Bertz CT molecular complexity index is 1460. The number of ether oxygens (including phenoxy) is 2. The van der Waals surface area contributed by atoms with E-state index in [-0.39, 0.29) is 16.6 Å². The lowest BCUT2D eigenvalue weighted by molar-refractivity contribution is -0.199. The second-order valence-corrected chi connectivity index (χ2v) is 10.6. The number of aryl methyl sites for hydroxylation is 1. The maximum Gasteiger partial charge on any atom is 0.493 e. The number of nitrogens with one attached hydrogen (secondary N) is 1. The van der Waals surface area contributed by atoms with Crippen molar-refractivity contribution in [3.05, 3.63) is 77.4 Å². The van der Waals surface area contributed by atoms with Crippen molar-refractivity contribution in [2.75, 3.05) is 31.8 Å². The number of alkyl halides is 3. The normalized spacial score (nSPS) is 12.5. The molecule has 3 aromatic rings. The average molecular weight is 599 g/mol. The minimum Gasteiger partial charge on any atom is -0.506 e. The number of benzene rings is 3. The summed E-state index contributed by atoms with van der Waals surface area (Å²) in [6, 6.07) is 13.5. The number of halogens is 3. The van der Waals surface area contributed by atoms with Crippen LogP contribution in [0.2, 0.25) is 0 Å². The molecule has 1 atom stereocenters. The minimum absolute atomic E-state index is 0.0311. The van der Waals surface area contributed by atoms with Gasteiger partial charge in [0.15, 0.2) is 11.5 Å². The van der Waals surface area contributed by atoms with Crippen LogP contribution >= 0.6 is 0 Å². The number of aromatic hydroxyl groups is 1. The summed E-state index contributed by atoms with van der Waals surface area (Å²) in [5.41, 5.74) is 0.808. The monoisotopic (exact) mass is 598 g/mol. The SMILES string of the molecule is COc1ccc(CCNCC(O)c2ccc(O)c(N(OC(=O)C(F)(F)F)S(=O)(=O)c3ccc(C)cc3)c2)cc1OC. The molecule has 10 nitrogen and oxygen atoms in total. The number of hydrogen-bond donors (Lipinski definition) is 3. The topological polar surface area (TPSA) is 135 Å². The van der Waals surface area contributed by atoms with Crippen molar-refractivity contribution in [3.8, 4) is 17.2 Å². The number of phenols is 1. The van der Waals surface area contributed by atoms with E-state index < -0.39 is 44.6 Å². The molecular formula is C27H29F3N2O8S. The van der Waals surface area contributed by atoms with Crippen molar-refractivity contribution < 1.29 is 50.9 Å². The van der Waals surface area contributed by atoms with E-state index in [0.717, 1.165) is 29.8 Å². The highest BCUT2D eigenvalue weighted by molar-refractivity contribution is 7.92. The van der Waals surface area contributed by atoms with E-state index in [1.54, 1.807) is 19.1 Å². The summed E-state index contributed by atoms with van der Waals surface area (Å²) >= 11 is 0. The van der Waals surface area contributed by atoms with Crippen molar-refractivity contribution in [2.24, 2.45) is 0 Å². The smallest absolute Gasteiger partial charge is 0.493 e. The third-order valence-corrected chi connectivity index (χ3v) is 7.47. The predicted octanol–water partition coefficient (Wildman–Crippen LogP) is 3.80. The second-order valence-electron chi connectivity index (χ2n) is 8.83. The molecular weight excluding hydrogens is 569 g/mol. The maximum atomic E-state index is 13.3. The zero-order chi connectivity index (χ0) is 30.4. The van der Waals surface area contributed by atoms with Crippen LogP contribution in [0, 0.1) is 6.92 Å². The van der Waals surface area contributed by atoms with Crippen molar-refractivity contribution in [2.45, 2.75) is 30.5 Å². The van der Waals surface area contributed by atoms with Crippen LogP contribution in [0.5, 0.6) is 17.2 Å². The standard InChI is InChI=1S/C27H29F3N2O8S/c1-17-4-8-20(9-5-17)41(36,37)32(40-26(35)27(28,29)30)21-15-19(7-10-22(21)33)23(34)16-31-13-12-18-6-11-24(38-2)25(14-18)39-3/h4-11,14-15,23,31,33-34H,12-13,16H2,1-3H3. The Morgan fingerprint density at radius 3 is 2.27 bits per heavy atom. The number of hydrogen-bond acceptors (Lipinski definition) is 9. The summed E-state index contributed by atoms with van der Waals surface area (Å²) in [5, 5.41) is 24.1. The van der Waals surface area contributed by atoms with Crippen molar-refractivity contribution in [1.82, 2.24) is 5.32 Å². The van der Waals surface area contributed by atoms with Crippen LogP contribution in [0.25, 0.3) is 0 Å². The zero-order valence-electron chi connectivity index (χ0n) is 22.3. The van der Waals surface area contributed by atoms with Gasteiger partial charge in [-0.3, -0.25) is 0 Å². The van der Waals surface area contributed by atoms with E-state index in [0.29, 0.717) is 30.0 Å². The van der Waals surface area contributed by atoms with E-state index >= 15 is 0 Å². The first-order valence-corrected chi connectivity index (χ1v) is 13.6. The highest BCUT2D eigenvalue weighted by atomic mass is 32.2. The summed E-state index contributed by atoms with van der Waals surface area (Å²) < 4.78 is 75.8. The van der Waals surface area contributed by atoms with E-state index in [9.17, 15) is 36.6 Å². The molecule has 0 spiro atoms. The van der Waals surface area contributed by atoms with E-state index in [1.807, 2.05) is 6.07 Å². The molecule has 3 N–H and O–H groups in total. The van der Waals surface area contributed by atoms with Gasteiger partial charge in [0.25, 0.3) is 10.0 Å². The maximum absolute atomic E-state index is 13.3. The van der Waals surface area contributed by atoms with Gasteiger partial charge in [-0.25, -0.2) is 4.79 Å². The lowest BCUT2D eigenvalue weighted by Gasteiger charge is -2.24. The molecule has 0 radical (unpaired) electrons. The molecule has 0 heterocycles. The molecule has 41 heavy (non-hydrogen) atoms. The van der Waals surface area contributed by atoms with Gasteiger partial charge in [-0.1, -0.05) is 34.3 Å². The quantitative estimate of drug-likeness (QED) is 0.210. The molecule has 0 aliphatic carbocycles. The zero-order valence-corrected chi connectivity index (χ0v) is 23.1. The molecule has 0 bridgehead atoms. The summed E-state index contributed by atoms with van der Waals surface area (Å²) in [6.45, 7) is 2.04. The number of phenolic OH excluding ortho intramolecular Hbond substituents is 1. The molecule has 0 fully saturated rings. The van der Waals surface area contributed by atoms with Crippen LogP contribution in [0.3, 0.4) is 0 Å². The Morgan fingerprint density at radius 1 is 1.00 bits per heavy atom. The fraction of sp³-hybridized carbons (Fsp3) is 0.296. The summed E-state index contributed by atoms with van der Waals surface area (Å²) in [5.74, 6) is -2.51. The van der Waals surface area contributed by atoms with Gasteiger partial charge in [-0.05, 0) is 67.4 Å². The Labute approximate surface area is 234 Å². The van der Waals surface area contributed by atoms with Crippen LogP contribution in [-0.2, 0) is 26.1 Å². The number of aliphatic hydroxyl groups excluding tert-OH is 1. The molecule has 0 saturated heterocycles. The second kappa shape index (κ2) is 13.1. The number of anilines is 1. The number of methoxy groups -OCH3 is 2. The molecule has 0 aliphatic rings. The number of rotatable bonds is 12. The average Bonchev–Trinajstić information content (AvgIpc) is 2.93. The number of aliphatic hydroxyl groups is 1. The van der Waals surface area contributed by atoms with Gasteiger partial charge in [-0.15, -0.1) is 0 Å². The number of nitrogens with zero attached hydrogens (tertiary/aromatic N) is 1. The van der Waals surface area contributed by atoms with Crippen molar-refractivity contribution in [1.29, 1.82) is 0 Å². The molecule has 0 aromatic heterocycles. The van der Waals surface area contributed by atoms with Gasteiger partial charge in [0.2, 0.25) is 0 Å². The first-order valence-electron chi connectivity index (χ1n) is 12.1. The van der Waals surface area contributed by atoms with Crippen LogP contribution in [0.4, 0.5) is 18.9 Å². The highest BCUT2D eigenvalue weighted by Gasteiger charge is 2.45. The highest BCUT2D eigenvalue weighted by Crippen LogP contribution is 2.36. The third-order valence-electron chi connectivity index (χ3n) is 5.89. The lowest BCUT2D eigenvalue weighted by Crippen LogP contribution is -2.39. The van der Waals surface area contributed by atoms with Gasteiger partial charge < -0.3 is 29.8 Å². The number of sulfonamides is 1. The molecule has 0 amide bonds. The van der Waals surface area contributed by atoms with Gasteiger partial charge in [-0.2, -0.15) is 21.6 Å². The van der Waals surface area contributed by atoms with Crippen LogP contribution < -0.4 is 19.3 Å². The minimum atomic E-state index is -5.54. The van der Waals surface area contributed by atoms with E-state index in [2.05, 4.69) is 10.2 Å². The van der Waals surface area contributed by atoms with Gasteiger partial charge in [0, 0.05) is 6.54 Å². The molecule has 14 heteroatoms. The van der Waals surface area contributed by atoms with E-state index in [1.165, 1.54) is 32.4 Å². The number of carbonyl (C=O) groups is 1. The first kappa shape index (κ1) is 31.5. The molecule has 1 unspecified atom stereocenters. The summed E-state index contributed by atoms with van der Waals surface area (Å²) in [7, 11) is -1.91. The number of carbonyl (C=O) groups excluding carboxylic acids is 1. The third kappa shape index (κ3) is 7.80. The van der Waals surface area contributed by atoms with Crippen LogP contribution in [0.1, 0.15) is 22.8 Å². The fourth-order valence-electron chi connectivity index (χ4n) is 3.68. The van der Waals surface area contributed by atoms with Gasteiger partial charge in [0.05, 0.1) is 25.2 Å². The van der Waals surface area contributed by atoms with Gasteiger partial charge in [0.1, 0.15) is 11.4 Å². The van der Waals surface area contributed by atoms with Gasteiger partial charge >= 0.3 is 12.1 Å². The van der Waals surface area contributed by atoms with Crippen molar-refractivity contribution >= 4 is 21.7 Å². The van der Waals surface area contributed by atoms with Crippen molar-refractivity contribution in [3.63, 3.8) is 0 Å². The summed E-state index contributed by atoms with van der Waals surface area (Å²) in [6.07, 6.45) is -6.27. The molecule has 222 valence electrons. The Hall–Kier alpha value is -4.01. The van der Waals surface area contributed by atoms with Crippen LogP contribution in [0.15, 0.2) is 65.6 Å². The predicted molar refractivity (Wildman–Crippen MR) is 142 cm³/mol.